The molecule has 136 valence electrons. The molecule has 0 N–H and O–H groups in total. The van der Waals surface area contributed by atoms with Gasteiger partial charge in [0, 0.05) is 55.6 Å². The molecule has 3 aromatic rings. The van der Waals surface area contributed by atoms with Crippen molar-refractivity contribution in [1.82, 2.24) is 29.3 Å². The summed E-state index contributed by atoms with van der Waals surface area (Å²) in [5.41, 5.74) is 4.10. The summed E-state index contributed by atoms with van der Waals surface area (Å²) in [6, 6.07) is 6.02. The fourth-order valence-corrected chi connectivity index (χ4v) is 3.68. The van der Waals surface area contributed by atoms with Gasteiger partial charge in [-0.3, -0.25) is 9.48 Å². The highest BCUT2D eigenvalue weighted by molar-refractivity contribution is 5.76. The van der Waals surface area contributed by atoms with Gasteiger partial charge in [-0.15, -0.1) is 0 Å². The van der Waals surface area contributed by atoms with Crippen molar-refractivity contribution in [2.75, 3.05) is 13.1 Å². The molecule has 1 saturated heterocycles. The molecule has 0 atom stereocenters. The van der Waals surface area contributed by atoms with Gasteiger partial charge in [-0.2, -0.15) is 10.2 Å². The second-order valence-electron chi connectivity index (χ2n) is 7.05. The Balaban J connectivity index is 1.34. The Morgan fingerprint density at radius 2 is 2.04 bits per heavy atom. The largest absolute Gasteiger partial charge is 0.343 e. The van der Waals surface area contributed by atoms with Crippen LogP contribution in [0, 0.1) is 13.8 Å². The van der Waals surface area contributed by atoms with E-state index in [1.165, 1.54) is 0 Å². The van der Waals surface area contributed by atoms with E-state index in [2.05, 4.69) is 23.2 Å². The van der Waals surface area contributed by atoms with E-state index in [9.17, 15) is 4.79 Å². The average Bonchev–Trinajstić information content (AvgIpc) is 3.29. The molecular formula is C19H24N6O. The predicted octanol–water partition coefficient (Wildman–Crippen LogP) is 2.34. The number of fused-ring (bicyclic) bond motifs is 1. The van der Waals surface area contributed by atoms with Gasteiger partial charge in [-0.1, -0.05) is 0 Å². The summed E-state index contributed by atoms with van der Waals surface area (Å²) in [5.74, 6) is 0.624. The molecular weight excluding hydrogens is 328 g/mol. The van der Waals surface area contributed by atoms with E-state index in [1.54, 1.807) is 6.20 Å². The highest BCUT2D eigenvalue weighted by Crippen LogP contribution is 2.28. The summed E-state index contributed by atoms with van der Waals surface area (Å²) >= 11 is 0. The van der Waals surface area contributed by atoms with Crippen LogP contribution < -0.4 is 0 Å². The van der Waals surface area contributed by atoms with E-state index in [-0.39, 0.29) is 5.91 Å². The van der Waals surface area contributed by atoms with E-state index in [1.807, 2.05) is 39.4 Å². The van der Waals surface area contributed by atoms with Crippen LogP contribution in [0.15, 0.2) is 30.6 Å². The number of likely N-dealkylation sites (tertiary alicyclic amines) is 1. The van der Waals surface area contributed by atoms with Crippen molar-refractivity contribution in [2.24, 2.45) is 0 Å². The number of hydrogen-bond acceptors (Lipinski definition) is 4. The van der Waals surface area contributed by atoms with Crippen LogP contribution in [0.25, 0.3) is 5.65 Å². The molecule has 4 heterocycles. The maximum Gasteiger partial charge on any atom is 0.224 e. The number of amides is 1. The molecule has 3 aromatic heterocycles. The van der Waals surface area contributed by atoms with Gasteiger partial charge in [-0.25, -0.2) is 9.50 Å². The maximum atomic E-state index is 12.5. The zero-order valence-corrected chi connectivity index (χ0v) is 15.3. The first-order valence-electron chi connectivity index (χ1n) is 9.19. The number of nitrogens with zero attached hydrogens (tertiary/aromatic N) is 6. The highest BCUT2D eigenvalue weighted by Gasteiger charge is 2.25. The summed E-state index contributed by atoms with van der Waals surface area (Å²) in [5, 5.41) is 8.62. The van der Waals surface area contributed by atoms with Gasteiger partial charge in [0.25, 0.3) is 0 Å². The quantitative estimate of drug-likeness (QED) is 0.723. The lowest BCUT2D eigenvalue weighted by Crippen LogP contribution is -2.38. The lowest BCUT2D eigenvalue weighted by atomic mass is 9.92. The number of carbonyl (C=O) groups excluding carboxylic acids is 1. The van der Waals surface area contributed by atoms with Crippen LogP contribution in [0.2, 0.25) is 0 Å². The van der Waals surface area contributed by atoms with Gasteiger partial charge in [0.2, 0.25) is 5.91 Å². The Labute approximate surface area is 152 Å². The first kappa shape index (κ1) is 16.8. The van der Waals surface area contributed by atoms with Gasteiger partial charge in [0.05, 0.1) is 11.9 Å². The fourth-order valence-electron chi connectivity index (χ4n) is 3.68. The number of aromatic nitrogens is 5. The predicted molar refractivity (Wildman–Crippen MR) is 97.9 cm³/mol. The number of carbonyl (C=O) groups is 1. The summed E-state index contributed by atoms with van der Waals surface area (Å²) in [7, 11) is 0. The molecule has 0 radical (unpaired) electrons. The zero-order valence-electron chi connectivity index (χ0n) is 15.3. The van der Waals surface area contributed by atoms with E-state index in [4.69, 9.17) is 4.98 Å². The van der Waals surface area contributed by atoms with Crippen LogP contribution in [0.1, 0.15) is 42.3 Å². The lowest BCUT2D eigenvalue weighted by molar-refractivity contribution is -0.132. The third-order valence-corrected chi connectivity index (χ3v) is 5.15. The topological polar surface area (TPSA) is 68.3 Å². The summed E-state index contributed by atoms with van der Waals surface area (Å²) < 4.78 is 3.70. The molecule has 4 rings (SSSR count). The van der Waals surface area contributed by atoms with Crippen molar-refractivity contribution in [3.05, 3.63) is 47.7 Å². The first-order chi connectivity index (χ1) is 12.6. The Bertz CT molecular complexity index is 919. The SMILES string of the molecule is Cc1ccn(CCC(=O)N2CCC(c3cc(C)n4nccc4n3)CC2)n1. The zero-order chi connectivity index (χ0) is 18.1. The van der Waals surface area contributed by atoms with Crippen LogP contribution >= 0.6 is 0 Å². The molecule has 0 unspecified atom stereocenters. The molecule has 0 bridgehead atoms. The number of rotatable bonds is 4. The summed E-state index contributed by atoms with van der Waals surface area (Å²) in [4.78, 5) is 19.2. The summed E-state index contributed by atoms with van der Waals surface area (Å²) in [6.07, 6.45) is 6.13. The second-order valence-corrected chi connectivity index (χ2v) is 7.05. The standard InChI is InChI=1S/C19H24N6O/c1-14-4-11-24(22-14)12-7-19(26)23-9-5-16(6-10-23)17-13-15(2)25-18(21-17)3-8-20-25/h3-4,8,11,13,16H,5-7,9-10,12H2,1-2H3. The number of piperidine rings is 1. The van der Waals surface area contributed by atoms with Crippen LogP contribution in [-0.2, 0) is 11.3 Å². The molecule has 0 aromatic carbocycles. The number of aryl methyl sites for hydroxylation is 3. The van der Waals surface area contributed by atoms with Crippen molar-refractivity contribution in [3.63, 3.8) is 0 Å². The van der Waals surface area contributed by atoms with Crippen molar-refractivity contribution in [3.8, 4) is 0 Å². The van der Waals surface area contributed by atoms with Gasteiger partial charge in [0.1, 0.15) is 0 Å². The Kier molecular flexibility index (Phi) is 4.44. The van der Waals surface area contributed by atoms with E-state index < -0.39 is 0 Å². The molecule has 1 fully saturated rings. The monoisotopic (exact) mass is 352 g/mol. The van der Waals surface area contributed by atoms with Crippen molar-refractivity contribution in [2.45, 2.75) is 45.6 Å². The number of hydrogen-bond donors (Lipinski definition) is 0. The van der Waals surface area contributed by atoms with Crippen molar-refractivity contribution in [1.29, 1.82) is 0 Å². The molecule has 1 aliphatic heterocycles. The molecule has 1 aliphatic rings. The molecule has 0 saturated carbocycles. The second kappa shape index (κ2) is 6.90. The van der Waals surface area contributed by atoms with E-state index in [0.29, 0.717) is 18.9 Å². The van der Waals surface area contributed by atoms with Gasteiger partial charge in [-0.05, 0) is 38.8 Å². The minimum absolute atomic E-state index is 0.215. The van der Waals surface area contributed by atoms with E-state index >= 15 is 0 Å². The third-order valence-electron chi connectivity index (χ3n) is 5.15. The van der Waals surface area contributed by atoms with Crippen LogP contribution in [-0.4, -0.2) is 48.3 Å². The third kappa shape index (κ3) is 3.34. The van der Waals surface area contributed by atoms with Gasteiger partial charge in [0.15, 0.2) is 5.65 Å². The van der Waals surface area contributed by atoms with Gasteiger partial charge >= 0.3 is 0 Å². The summed E-state index contributed by atoms with van der Waals surface area (Å²) in [6.45, 7) is 6.26. The van der Waals surface area contributed by atoms with Gasteiger partial charge < -0.3 is 4.90 Å². The van der Waals surface area contributed by atoms with Crippen LogP contribution in [0.3, 0.4) is 0 Å². The molecule has 26 heavy (non-hydrogen) atoms. The van der Waals surface area contributed by atoms with Crippen LogP contribution in [0.5, 0.6) is 0 Å². The molecule has 1 amide bonds. The van der Waals surface area contributed by atoms with Crippen LogP contribution in [0.4, 0.5) is 0 Å². The first-order valence-corrected chi connectivity index (χ1v) is 9.19. The van der Waals surface area contributed by atoms with E-state index in [0.717, 1.165) is 48.7 Å². The maximum absolute atomic E-state index is 12.5. The normalized spacial score (nSPS) is 15.7. The average molecular weight is 352 g/mol. The minimum atomic E-state index is 0.215. The fraction of sp³-hybridized carbons (Fsp3) is 0.474. The Hall–Kier alpha value is -2.70. The Morgan fingerprint density at radius 3 is 2.77 bits per heavy atom. The highest BCUT2D eigenvalue weighted by atomic mass is 16.2. The smallest absolute Gasteiger partial charge is 0.224 e. The molecule has 0 spiro atoms. The minimum Gasteiger partial charge on any atom is -0.343 e. The Morgan fingerprint density at radius 1 is 1.23 bits per heavy atom. The van der Waals surface area contributed by atoms with Crippen molar-refractivity contribution < 1.29 is 4.79 Å². The lowest BCUT2D eigenvalue weighted by Gasteiger charge is -2.32. The molecule has 7 heteroatoms. The van der Waals surface area contributed by atoms with Crippen molar-refractivity contribution >= 4 is 11.6 Å². The molecule has 7 nitrogen and oxygen atoms in total. The molecule has 0 aliphatic carbocycles.